The van der Waals surface area contributed by atoms with Crippen LogP contribution in [-0.2, 0) is 10.0 Å². The van der Waals surface area contributed by atoms with Gasteiger partial charge < -0.3 is 14.7 Å². The second-order valence-electron chi connectivity index (χ2n) is 7.51. The van der Waals surface area contributed by atoms with Crippen molar-refractivity contribution in [1.29, 1.82) is 0 Å². The molecule has 0 saturated carbocycles. The highest BCUT2D eigenvalue weighted by atomic mass is 35.5. The van der Waals surface area contributed by atoms with Crippen LogP contribution in [0.25, 0.3) is 15.9 Å². The number of nitrogens with zero attached hydrogens (tertiary/aromatic N) is 4. The van der Waals surface area contributed by atoms with E-state index in [0.717, 1.165) is 17.7 Å². The Kier molecular flexibility index (Phi) is 6.76. The molecule has 0 aliphatic heterocycles. The average Bonchev–Trinajstić information content (AvgIpc) is 3.41. The Balaban J connectivity index is 1.71. The molecule has 3 heterocycles. The highest BCUT2D eigenvalue weighted by molar-refractivity contribution is 7.92. The van der Waals surface area contributed by atoms with E-state index in [9.17, 15) is 18.3 Å². The molecule has 0 fully saturated rings. The first kappa shape index (κ1) is 24.3. The zero-order valence-electron chi connectivity index (χ0n) is 18.8. The van der Waals surface area contributed by atoms with Gasteiger partial charge in [-0.25, -0.2) is 14.3 Å². The van der Waals surface area contributed by atoms with Crippen LogP contribution in [0.4, 0.5) is 10.5 Å². The quantitative estimate of drug-likeness (QED) is 0.333. The van der Waals surface area contributed by atoms with Gasteiger partial charge in [-0.3, -0.25) is 9.12 Å². The molecule has 0 radical (unpaired) electrons. The number of fused-ring (bicyclic) bond motifs is 2. The van der Waals surface area contributed by atoms with Crippen LogP contribution in [0.1, 0.15) is 19.5 Å². The number of likely N-dealkylation sites (N-methyl/N-ethyl adjacent to an activating group) is 1. The first-order valence-electron chi connectivity index (χ1n) is 10.5. The molecule has 1 aromatic carbocycles. The van der Waals surface area contributed by atoms with Crippen LogP contribution in [0.5, 0.6) is 5.75 Å². The number of carboxylic acid groups (broad SMARTS) is 1. The minimum absolute atomic E-state index is 0.131. The van der Waals surface area contributed by atoms with Crippen LogP contribution in [0, 0.1) is 6.92 Å². The first-order chi connectivity index (χ1) is 16.2. The maximum Gasteiger partial charge on any atom is 0.416 e. The van der Waals surface area contributed by atoms with E-state index in [4.69, 9.17) is 16.3 Å². The predicted octanol–water partition coefficient (Wildman–Crippen LogP) is 4.36. The lowest BCUT2D eigenvalue weighted by atomic mass is 10.2. The van der Waals surface area contributed by atoms with E-state index in [1.165, 1.54) is 21.8 Å². The van der Waals surface area contributed by atoms with Crippen molar-refractivity contribution in [3.8, 4) is 5.75 Å². The van der Waals surface area contributed by atoms with Gasteiger partial charge in [-0.2, -0.15) is 8.42 Å². The van der Waals surface area contributed by atoms with E-state index in [2.05, 4.69) is 28.5 Å². The minimum Gasteiger partial charge on any atom is -0.490 e. The van der Waals surface area contributed by atoms with Crippen molar-refractivity contribution in [2.24, 2.45) is 0 Å². The summed E-state index contributed by atoms with van der Waals surface area (Å²) in [6, 6.07) is 4.60. The maximum atomic E-state index is 13.1. The Morgan fingerprint density at radius 3 is 2.74 bits per heavy atom. The van der Waals surface area contributed by atoms with Crippen molar-refractivity contribution >= 4 is 60.6 Å². The van der Waals surface area contributed by atoms with E-state index in [1.54, 1.807) is 30.6 Å². The third-order valence-corrected chi connectivity index (χ3v) is 8.11. The Bertz CT molecular complexity index is 1470. The molecule has 0 amide bonds. The number of sulfonamides is 1. The van der Waals surface area contributed by atoms with Gasteiger partial charge in [-0.15, -0.1) is 11.3 Å². The molecule has 0 aliphatic rings. The van der Waals surface area contributed by atoms with Gasteiger partial charge in [0.05, 0.1) is 11.2 Å². The van der Waals surface area contributed by atoms with Gasteiger partial charge in [0.1, 0.15) is 12.4 Å². The largest absolute Gasteiger partial charge is 0.490 e. The van der Waals surface area contributed by atoms with Gasteiger partial charge in [-0.05, 0) is 38.2 Å². The summed E-state index contributed by atoms with van der Waals surface area (Å²) in [7, 11) is -4.08. The minimum atomic E-state index is -4.08. The van der Waals surface area contributed by atoms with E-state index in [1.807, 2.05) is 0 Å². The molecule has 0 spiro atoms. The molecule has 0 saturated heterocycles. The number of ether oxygens (including phenoxy) is 1. The van der Waals surface area contributed by atoms with Crippen LogP contribution >= 0.6 is 22.9 Å². The summed E-state index contributed by atoms with van der Waals surface area (Å²) in [6.07, 6.45) is 0.426. The monoisotopic (exact) mass is 525 g/mol. The fourth-order valence-corrected chi connectivity index (χ4v) is 6.39. The predicted molar refractivity (Wildman–Crippen MR) is 132 cm³/mol. The number of carbonyl (C=O) groups is 1. The van der Waals surface area contributed by atoms with E-state index >= 15 is 0 Å². The number of aromatic nitrogens is 3. The highest BCUT2D eigenvalue weighted by Gasteiger charge is 2.26. The lowest BCUT2D eigenvalue weighted by molar-refractivity contribution is 0.196. The molecule has 4 rings (SSSR count). The third-order valence-electron chi connectivity index (χ3n) is 5.57. The van der Waals surface area contributed by atoms with Gasteiger partial charge in [0.15, 0.2) is 15.1 Å². The molecule has 2 N–H and O–H groups in total. The van der Waals surface area contributed by atoms with Crippen LogP contribution in [-0.4, -0.2) is 64.7 Å². The molecule has 3 aromatic heterocycles. The second kappa shape index (κ2) is 9.45. The van der Waals surface area contributed by atoms with Crippen molar-refractivity contribution in [1.82, 2.24) is 18.9 Å². The van der Waals surface area contributed by atoms with Gasteiger partial charge in [-0.1, -0.05) is 25.4 Å². The van der Waals surface area contributed by atoms with Crippen LogP contribution in [0.3, 0.4) is 0 Å². The average molecular weight is 526 g/mol. The molecule has 0 unspecified atom stereocenters. The van der Waals surface area contributed by atoms with Gasteiger partial charge in [0.2, 0.25) is 0 Å². The molecular weight excluding hydrogens is 502 g/mol. The van der Waals surface area contributed by atoms with Crippen molar-refractivity contribution in [2.45, 2.75) is 25.8 Å². The molecule has 13 heteroatoms. The summed E-state index contributed by atoms with van der Waals surface area (Å²) in [5, 5.41) is 11.6. The van der Waals surface area contributed by atoms with Crippen molar-refractivity contribution in [3.63, 3.8) is 0 Å². The van der Waals surface area contributed by atoms with Crippen LogP contribution in [0.15, 0.2) is 34.8 Å². The summed E-state index contributed by atoms with van der Waals surface area (Å²) in [6.45, 7) is 8.55. The maximum absolute atomic E-state index is 13.1. The molecule has 182 valence electrons. The fraction of sp³-hybridized carbons (Fsp3) is 0.333. The first-order valence-corrected chi connectivity index (χ1v) is 13.3. The standard InChI is InChI=1S/C21H24ClN5O5S2/c1-4-25(5-2)8-10-32-17-13(3)27(21(28)29)16-7-6-14(12-15(16)17)24-34(30,31)19-18(22)23-20-26(19)9-11-33-20/h6-7,9,11-12,24H,4-5,8,10H2,1-3H3,(H,28,29). The molecule has 34 heavy (non-hydrogen) atoms. The fourth-order valence-electron chi connectivity index (χ4n) is 3.88. The number of halogens is 1. The summed E-state index contributed by atoms with van der Waals surface area (Å²) in [5.41, 5.74) is 1.05. The van der Waals surface area contributed by atoms with Crippen molar-refractivity contribution < 1.29 is 23.1 Å². The Morgan fingerprint density at radius 2 is 2.06 bits per heavy atom. The molecule has 0 atom stereocenters. The smallest absolute Gasteiger partial charge is 0.416 e. The number of thiazole rings is 1. The van der Waals surface area contributed by atoms with Crippen molar-refractivity contribution in [2.75, 3.05) is 31.0 Å². The molecule has 4 aromatic rings. The number of rotatable bonds is 9. The lowest BCUT2D eigenvalue weighted by Gasteiger charge is -2.18. The molecule has 10 nitrogen and oxygen atoms in total. The Hall–Kier alpha value is -2.80. The second-order valence-corrected chi connectivity index (χ2v) is 10.3. The highest BCUT2D eigenvalue weighted by Crippen LogP contribution is 2.35. The number of hydrogen-bond donors (Lipinski definition) is 2. The summed E-state index contributed by atoms with van der Waals surface area (Å²) in [4.78, 5) is 18.6. The summed E-state index contributed by atoms with van der Waals surface area (Å²) < 4.78 is 37.3. The normalized spacial score (nSPS) is 12.1. The Labute approximate surface area is 205 Å². The van der Waals surface area contributed by atoms with Gasteiger partial charge >= 0.3 is 6.09 Å². The van der Waals surface area contributed by atoms with Gasteiger partial charge in [0.25, 0.3) is 10.0 Å². The zero-order chi connectivity index (χ0) is 24.6. The number of hydrogen-bond acceptors (Lipinski definition) is 7. The third kappa shape index (κ3) is 4.33. The topological polar surface area (TPSA) is 118 Å². The van der Waals surface area contributed by atoms with E-state index in [-0.39, 0.29) is 15.9 Å². The SMILES string of the molecule is CCN(CC)CCOc1c(C)n(C(=O)O)c2ccc(NS(=O)(=O)c3c(Cl)nc4sccn34)cc12. The number of anilines is 1. The molecular formula is C21H24ClN5O5S2. The summed E-state index contributed by atoms with van der Waals surface area (Å²) in [5.74, 6) is 0.396. The van der Waals surface area contributed by atoms with Crippen LogP contribution < -0.4 is 9.46 Å². The summed E-state index contributed by atoms with van der Waals surface area (Å²) >= 11 is 7.37. The number of nitrogens with one attached hydrogen (secondary N) is 1. The Morgan fingerprint density at radius 1 is 1.32 bits per heavy atom. The lowest BCUT2D eigenvalue weighted by Crippen LogP contribution is -2.28. The van der Waals surface area contributed by atoms with Crippen LogP contribution in [0.2, 0.25) is 5.15 Å². The number of benzene rings is 1. The van der Waals surface area contributed by atoms with Crippen molar-refractivity contribution in [3.05, 3.63) is 40.6 Å². The van der Waals surface area contributed by atoms with E-state index < -0.39 is 16.1 Å². The number of imidazole rings is 1. The van der Waals surface area contributed by atoms with Gasteiger partial charge in [0, 0.05) is 29.2 Å². The molecule has 0 bridgehead atoms. The zero-order valence-corrected chi connectivity index (χ0v) is 21.2. The molecule has 0 aliphatic carbocycles. The van der Waals surface area contributed by atoms with E-state index in [0.29, 0.717) is 40.5 Å².